The zero-order valence-corrected chi connectivity index (χ0v) is 17.7. The first kappa shape index (κ1) is 20.5. The lowest BCUT2D eigenvalue weighted by atomic mass is 10.0. The highest BCUT2D eigenvalue weighted by molar-refractivity contribution is 7.99. The number of hydrogen-bond donors (Lipinski definition) is 0. The topological polar surface area (TPSA) is 36.0 Å². The summed E-state index contributed by atoms with van der Waals surface area (Å²) in [5.41, 5.74) is 0.703. The number of benzene rings is 1. The predicted molar refractivity (Wildman–Crippen MR) is 113 cm³/mol. The summed E-state index contributed by atoms with van der Waals surface area (Å²) in [5, 5.41) is 0. The minimum Gasteiger partial charge on any atom is -0.490 e. The second-order valence-electron chi connectivity index (χ2n) is 7.93. The molecule has 150 valence electrons. The lowest BCUT2D eigenvalue weighted by Gasteiger charge is -2.35. The van der Waals surface area contributed by atoms with Crippen LogP contribution in [0.25, 0.3) is 0 Å². The van der Waals surface area contributed by atoms with E-state index < -0.39 is 0 Å². The number of nitrogens with zero attached hydrogens (tertiary/aromatic N) is 3. The van der Waals surface area contributed by atoms with Gasteiger partial charge in [0.25, 0.3) is 5.91 Å². The van der Waals surface area contributed by atoms with Gasteiger partial charge in [-0.3, -0.25) is 9.69 Å². The van der Waals surface area contributed by atoms with Crippen LogP contribution in [0.15, 0.2) is 24.3 Å². The maximum Gasteiger partial charge on any atom is 0.253 e. The summed E-state index contributed by atoms with van der Waals surface area (Å²) in [6.45, 7) is 3.83. The molecule has 2 aliphatic rings. The van der Waals surface area contributed by atoms with Gasteiger partial charge in [0.1, 0.15) is 11.9 Å². The van der Waals surface area contributed by atoms with Gasteiger partial charge in [-0.1, -0.05) is 6.07 Å². The van der Waals surface area contributed by atoms with E-state index in [9.17, 15) is 4.79 Å². The number of amides is 1. The van der Waals surface area contributed by atoms with Gasteiger partial charge in [0.05, 0.1) is 0 Å². The molecule has 0 bridgehead atoms. The van der Waals surface area contributed by atoms with E-state index in [-0.39, 0.29) is 12.0 Å². The average Bonchev–Trinajstić information content (AvgIpc) is 3.21. The molecule has 0 N–H and O–H groups in total. The Labute approximate surface area is 168 Å². The van der Waals surface area contributed by atoms with Crippen LogP contribution in [0.4, 0.5) is 0 Å². The maximum atomic E-state index is 12.6. The molecule has 27 heavy (non-hydrogen) atoms. The van der Waals surface area contributed by atoms with Gasteiger partial charge in [-0.2, -0.15) is 11.8 Å². The van der Waals surface area contributed by atoms with Crippen molar-refractivity contribution in [3.05, 3.63) is 29.8 Å². The molecule has 1 aromatic carbocycles. The second kappa shape index (κ2) is 9.80. The molecular weight excluding hydrogens is 358 g/mol. The van der Waals surface area contributed by atoms with Gasteiger partial charge in [-0.05, 0) is 57.3 Å². The van der Waals surface area contributed by atoms with Gasteiger partial charge in [-0.15, -0.1) is 0 Å². The van der Waals surface area contributed by atoms with Gasteiger partial charge in [0.15, 0.2) is 0 Å². The summed E-state index contributed by atoms with van der Waals surface area (Å²) in [5.74, 6) is 3.47. The first-order valence-electron chi connectivity index (χ1n) is 10.0. The van der Waals surface area contributed by atoms with Crippen LogP contribution in [0.1, 0.15) is 29.6 Å². The van der Waals surface area contributed by atoms with E-state index in [1.165, 1.54) is 17.9 Å². The molecule has 6 heteroatoms. The maximum absolute atomic E-state index is 12.6. The van der Waals surface area contributed by atoms with Crippen molar-refractivity contribution < 1.29 is 9.53 Å². The third kappa shape index (κ3) is 5.87. The Hall–Kier alpha value is -1.24. The molecule has 2 saturated heterocycles. The number of hydrogen-bond acceptors (Lipinski definition) is 5. The highest BCUT2D eigenvalue weighted by atomic mass is 32.2. The number of carbonyl (C=O) groups is 1. The molecular formula is C21H33N3O2S. The Morgan fingerprint density at radius 1 is 1.19 bits per heavy atom. The Morgan fingerprint density at radius 3 is 2.63 bits per heavy atom. The lowest BCUT2D eigenvalue weighted by Crippen LogP contribution is -2.44. The minimum atomic E-state index is 0.0517. The summed E-state index contributed by atoms with van der Waals surface area (Å²) in [6.07, 6.45) is 3.73. The summed E-state index contributed by atoms with van der Waals surface area (Å²) in [6, 6.07) is 8.44. The average molecular weight is 392 g/mol. The highest BCUT2D eigenvalue weighted by Crippen LogP contribution is 2.27. The number of piperidine rings is 1. The predicted octanol–water partition coefficient (Wildman–Crippen LogP) is 2.67. The van der Waals surface area contributed by atoms with Crippen LogP contribution in [0.3, 0.4) is 0 Å². The molecule has 0 aliphatic carbocycles. The van der Waals surface area contributed by atoms with Crippen LogP contribution < -0.4 is 4.74 Å². The highest BCUT2D eigenvalue weighted by Gasteiger charge is 2.28. The molecule has 1 atom stereocenters. The van der Waals surface area contributed by atoms with E-state index in [1.54, 1.807) is 4.90 Å². The molecule has 0 spiro atoms. The first-order valence-corrected chi connectivity index (χ1v) is 11.2. The summed E-state index contributed by atoms with van der Waals surface area (Å²) >= 11 is 2.08. The van der Waals surface area contributed by atoms with Crippen LogP contribution in [-0.4, -0.2) is 91.6 Å². The first-order chi connectivity index (χ1) is 13.0. The van der Waals surface area contributed by atoms with Crippen molar-refractivity contribution in [2.75, 3.05) is 58.8 Å². The number of likely N-dealkylation sites (N-methyl/N-ethyl adjacent to an activating group) is 2. The fourth-order valence-electron chi connectivity index (χ4n) is 3.74. The van der Waals surface area contributed by atoms with Crippen LogP contribution >= 0.6 is 11.8 Å². The number of thioether (sulfide) groups is 1. The zero-order valence-electron chi connectivity index (χ0n) is 16.9. The number of carbonyl (C=O) groups excluding carboxylic acids is 1. The fourth-order valence-corrected chi connectivity index (χ4v) is 4.99. The smallest absolute Gasteiger partial charge is 0.253 e. The Balaban J connectivity index is 1.51. The van der Waals surface area contributed by atoms with Gasteiger partial charge < -0.3 is 14.5 Å². The van der Waals surface area contributed by atoms with Crippen molar-refractivity contribution in [2.45, 2.75) is 31.4 Å². The molecule has 2 aliphatic heterocycles. The number of ether oxygens (including phenoxy) is 1. The van der Waals surface area contributed by atoms with E-state index in [1.807, 2.05) is 45.4 Å². The van der Waals surface area contributed by atoms with E-state index in [4.69, 9.17) is 4.74 Å². The number of likely N-dealkylation sites (tertiary alicyclic amines) is 1. The van der Waals surface area contributed by atoms with Crippen LogP contribution in [0, 0.1) is 0 Å². The Bertz CT molecular complexity index is 611. The van der Waals surface area contributed by atoms with Crippen molar-refractivity contribution >= 4 is 17.7 Å². The van der Waals surface area contributed by atoms with Crippen LogP contribution in [-0.2, 0) is 0 Å². The SMILES string of the molecule is CN(C)CCN(C)C(=O)c1cccc(OC2CCN(C3CCSC3)CC2)c1. The summed E-state index contributed by atoms with van der Waals surface area (Å²) in [7, 11) is 5.89. The standard InChI is InChI=1S/C21H33N3O2S/c1-22(2)12-13-23(3)21(25)17-5-4-6-20(15-17)26-19-7-10-24(11-8-19)18-9-14-27-16-18/h4-6,15,18-19H,7-14,16H2,1-3H3. The van der Waals surface area contributed by atoms with Crippen LogP contribution in [0.2, 0.25) is 0 Å². The molecule has 0 aromatic heterocycles. The minimum absolute atomic E-state index is 0.0517. The van der Waals surface area contributed by atoms with Crippen molar-refractivity contribution in [1.29, 1.82) is 0 Å². The van der Waals surface area contributed by atoms with E-state index in [0.29, 0.717) is 5.56 Å². The van der Waals surface area contributed by atoms with Gasteiger partial charge >= 0.3 is 0 Å². The monoisotopic (exact) mass is 391 g/mol. The Morgan fingerprint density at radius 2 is 1.96 bits per heavy atom. The molecule has 2 heterocycles. The van der Waals surface area contributed by atoms with Crippen molar-refractivity contribution in [3.63, 3.8) is 0 Å². The Kier molecular flexibility index (Phi) is 7.44. The molecule has 1 amide bonds. The number of rotatable bonds is 7. The fraction of sp³-hybridized carbons (Fsp3) is 0.667. The second-order valence-corrected chi connectivity index (χ2v) is 9.08. The van der Waals surface area contributed by atoms with Crippen molar-refractivity contribution in [1.82, 2.24) is 14.7 Å². The summed E-state index contributed by atoms with van der Waals surface area (Å²) < 4.78 is 6.22. The normalized spacial score (nSPS) is 21.6. The van der Waals surface area contributed by atoms with E-state index >= 15 is 0 Å². The van der Waals surface area contributed by atoms with Crippen molar-refractivity contribution in [3.8, 4) is 5.75 Å². The van der Waals surface area contributed by atoms with E-state index in [0.717, 1.165) is 50.8 Å². The van der Waals surface area contributed by atoms with Crippen LogP contribution in [0.5, 0.6) is 5.75 Å². The zero-order chi connectivity index (χ0) is 19.2. The van der Waals surface area contributed by atoms with E-state index in [2.05, 4.69) is 21.6 Å². The third-order valence-corrected chi connectivity index (χ3v) is 6.66. The third-order valence-electron chi connectivity index (χ3n) is 5.51. The molecule has 3 rings (SSSR count). The van der Waals surface area contributed by atoms with Gasteiger partial charge in [0, 0.05) is 50.6 Å². The molecule has 0 saturated carbocycles. The molecule has 0 radical (unpaired) electrons. The quantitative estimate of drug-likeness (QED) is 0.714. The summed E-state index contributed by atoms with van der Waals surface area (Å²) in [4.78, 5) is 19.1. The largest absolute Gasteiger partial charge is 0.490 e. The van der Waals surface area contributed by atoms with Crippen molar-refractivity contribution in [2.24, 2.45) is 0 Å². The molecule has 1 unspecified atom stereocenters. The van der Waals surface area contributed by atoms with Gasteiger partial charge in [0.2, 0.25) is 0 Å². The molecule has 5 nitrogen and oxygen atoms in total. The van der Waals surface area contributed by atoms with Gasteiger partial charge in [-0.25, -0.2) is 0 Å². The molecule has 1 aromatic rings. The molecule has 2 fully saturated rings. The lowest BCUT2D eigenvalue weighted by molar-refractivity contribution is 0.0773.